The Kier molecular flexibility index (Phi) is 11.1. The first-order valence-electron chi connectivity index (χ1n) is 16.6. The fraction of sp³-hybridized carbons (Fsp3) is 0.730. The maximum absolute atomic E-state index is 15.7. The number of benzene rings is 1. The van der Waals surface area contributed by atoms with Crippen LogP contribution in [0.1, 0.15) is 147 Å². The molecule has 0 amide bonds. The zero-order valence-electron chi connectivity index (χ0n) is 26.4. The summed E-state index contributed by atoms with van der Waals surface area (Å²) in [6.45, 7) is 15.9. The van der Waals surface area contributed by atoms with Gasteiger partial charge in [0.25, 0.3) is 0 Å². The fourth-order valence-corrected chi connectivity index (χ4v) is 8.49. The lowest BCUT2D eigenvalue weighted by molar-refractivity contribution is -0.283. The quantitative estimate of drug-likeness (QED) is 0.200. The normalized spacial score (nSPS) is 29.6. The Balaban J connectivity index is 1.30. The van der Waals surface area contributed by atoms with Gasteiger partial charge in [-0.3, -0.25) is 4.84 Å². The van der Waals surface area contributed by atoms with E-state index in [1.54, 1.807) is 0 Å². The molecule has 0 bridgehead atoms. The second-order valence-corrected chi connectivity index (χ2v) is 14.6. The van der Waals surface area contributed by atoms with E-state index in [1.165, 1.54) is 44.1 Å². The Morgan fingerprint density at radius 2 is 1.52 bits per heavy atom. The minimum Gasteiger partial charge on any atom is -0.298 e. The van der Waals surface area contributed by atoms with Crippen molar-refractivity contribution in [2.45, 2.75) is 147 Å². The van der Waals surface area contributed by atoms with Crippen LogP contribution in [-0.4, -0.2) is 22.7 Å². The minimum atomic E-state index is -0.0887. The lowest BCUT2D eigenvalue weighted by Crippen LogP contribution is -2.59. The van der Waals surface area contributed by atoms with Crippen LogP contribution in [0.2, 0.25) is 0 Å². The maximum atomic E-state index is 15.7. The number of nitrogens with zero attached hydrogens (tertiary/aromatic N) is 1. The van der Waals surface area contributed by atoms with Gasteiger partial charge in [0.1, 0.15) is 5.82 Å². The van der Waals surface area contributed by atoms with E-state index in [-0.39, 0.29) is 16.9 Å². The Labute approximate surface area is 245 Å². The lowest BCUT2D eigenvalue weighted by Gasteiger charge is -2.54. The molecule has 3 fully saturated rings. The van der Waals surface area contributed by atoms with Crippen LogP contribution in [0.3, 0.4) is 0 Å². The standard InChI is InChI=1S/C37H58FNO/c1-7-9-11-12-13-28-14-16-29(17-15-28)30-18-20-31(21-19-30)34-23-22-32(25-35(34)38)33-26-36(3,4)39(37(5,6)27-33)40-24-10-8-2/h7,12-13,22-23,25,28-31,33H,1,8-11,14-21,24,26-27H2,2-6H3/b13-12+. The fourth-order valence-electron chi connectivity index (χ4n) is 8.49. The van der Waals surface area contributed by atoms with Gasteiger partial charge in [0.15, 0.2) is 0 Å². The molecule has 2 saturated carbocycles. The van der Waals surface area contributed by atoms with Crippen LogP contribution >= 0.6 is 0 Å². The van der Waals surface area contributed by atoms with Gasteiger partial charge >= 0.3 is 0 Å². The van der Waals surface area contributed by atoms with Crippen molar-refractivity contribution >= 4 is 0 Å². The van der Waals surface area contributed by atoms with Gasteiger partial charge in [0.05, 0.1) is 6.61 Å². The highest BCUT2D eigenvalue weighted by molar-refractivity contribution is 5.31. The first-order chi connectivity index (χ1) is 19.1. The second kappa shape index (κ2) is 14.1. The van der Waals surface area contributed by atoms with Crippen LogP contribution in [0.25, 0.3) is 0 Å². The average Bonchev–Trinajstić information content (AvgIpc) is 2.92. The summed E-state index contributed by atoms with van der Waals surface area (Å²) in [6.07, 6.45) is 23.6. The predicted molar refractivity (Wildman–Crippen MR) is 168 cm³/mol. The van der Waals surface area contributed by atoms with Gasteiger partial charge < -0.3 is 0 Å². The van der Waals surface area contributed by atoms with E-state index in [1.807, 2.05) is 12.1 Å². The van der Waals surface area contributed by atoms with E-state index in [2.05, 4.69) is 70.5 Å². The number of rotatable bonds is 11. The topological polar surface area (TPSA) is 12.5 Å². The largest absolute Gasteiger partial charge is 0.298 e. The minimum absolute atomic E-state index is 0.0296. The summed E-state index contributed by atoms with van der Waals surface area (Å²) in [6, 6.07) is 6.28. The van der Waals surface area contributed by atoms with Crippen LogP contribution in [-0.2, 0) is 4.84 Å². The molecule has 0 aromatic heterocycles. The van der Waals surface area contributed by atoms with Crippen molar-refractivity contribution in [1.29, 1.82) is 0 Å². The summed E-state index contributed by atoms with van der Waals surface area (Å²) in [7, 11) is 0. The number of halogens is 1. The number of hydroxylamine groups is 2. The smallest absolute Gasteiger partial charge is 0.126 e. The molecule has 224 valence electrons. The molecular formula is C37H58FNO. The number of hydrogen-bond donors (Lipinski definition) is 0. The van der Waals surface area contributed by atoms with Gasteiger partial charge in [0.2, 0.25) is 0 Å². The molecule has 2 nitrogen and oxygen atoms in total. The van der Waals surface area contributed by atoms with Gasteiger partial charge in [0, 0.05) is 11.1 Å². The summed E-state index contributed by atoms with van der Waals surface area (Å²) >= 11 is 0. The van der Waals surface area contributed by atoms with Crippen molar-refractivity contribution < 1.29 is 9.23 Å². The molecule has 1 aromatic carbocycles. The molecule has 0 atom stereocenters. The first kappa shape index (κ1) is 31.5. The summed E-state index contributed by atoms with van der Waals surface area (Å²) in [5, 5.41) is 2.24. The summed E-state index contributed by atoms with van der Waals surface area (Å²) in [4.78, 5) is 6.29. The monoisotopic (exact) mass is 551 g/mol. The van der Waals surface area contributed by atoms with E-state index in [4.69, 9.17) is 4.84 Å². The number of allylic oxidation sites excluding steroid dienone is 3. The molecule has 0 N–H and O–H groups in total. The molecule has 1 saturated heterocycles. The third-order valence-corrected chi connectivity index (χ3v) is 10.4. The zero-order chi connectivity index (χ0) is 28.8. The highest BCUT2D eigenvalue weighted by Gasteiger charge is 2.47. The van der Waals surface area contributed by atoms with E-state index < -0.39 is 0 Å². The molecule has 2 aliphatic carbocycles. The van der Waals surface area contributed by atoms with Crippen molar-refractivity contribution in [2.24, 2.45) is 17.8 Å². The van der Waals surface area contributed by atoms with E-state index in [0.717, 1.165) is 81.3 Å². The maximum Gasteiger partial charge on any atom is 0.126 e. The van der Waals surface area contributed by atoms with Crippen molar-refractivity contribution in [2.75, 3.05) is 6.61 Å². The van der Waals surface area contributed by atoms with Gasteiger partial charge in [-0.2, -0.15) is 5.06 Å². The molecule has 0 radical (unpaired) electrons. The van der Waals surface area contributed by atoms with Crippen LogP contribution < -0.4 is 0 Å². The first-order valence-corrected chi connectivity index (χ1v) is 16.6. The Morgan fingerprint density at radius 3 is 2.10 bits per heavy atom. The highest BCUT2D eigenvalue weighted by atomic mass is 19.1. The summed E-state index contributed by atoms with van der Waals surface area (Å²) in [5.74, 6) is 3.27. The molecule has 0 unspecified atom stereocenters. The lowest BCUT2D eigenvalue weighted by atomic mass is 9.68. The molecule has 4 rings (SSSR count). The van der Waals surface area contributed by atoms with E-state index >= 15 is 4.39 Å². The zero-order valence-corrected chi connectivity index (χ0v) is 26.4. The molecule has 40 heavy (non-hydrogen) atoms. The van der Waals surface area contributed by atoms with Gasteiger partial charge in [-0.05, 0) is 158 Å². The summed E-state index contributed by atoms with van der Waals surface area (Å²) in [5.41, 5.74) is 1.96. The van der Waals surface area contributed by atoms with Crippen molar-refractivity contribution in [3.05, 3.63) is 60.0 Å². The molecule has 1 aliphatic heterocycles. The molecule has 1 heterocycles. The molecule has 0 spiro atoms. The van der Waals surface area contributed by atoms with Crippen LogP contribution in [0.4, 0.5) is 4.39 Å². The number of hydrogen-bond acceptors (Lipinski definition) is 2. The SMILES string of the molecule is C=CCC/C=C/C1CCC(C2CCC(c3ccc(C4CC(C)(C)N(OCCCC)C(C)(C)C4)cc3F)CC2)CC1. The van der Waals surface area contributed by atoms with Gasteiger partial charge in [-0.1, -0.05) is 43.7 Å². The second-order valence-electron chi connectivity index (χ2n) is 14.6. The third-order valence-electron chi connectivity index (χ3n) is 10.4. The van der Waals surface area contributed by atoms with Crippen molar-refractivity contribution in [1.82, 2.24) is 5.06 Å². The van der Waals surface area contributed by atoms with Gasteiger partial charge in [-0.25, -0.2) is 4.39 Å². The predicted octanol–water partition coefficient (Wildman–Crippen LogP) is 10.9. The van der Waals surface area contributed by atoms with Crippen molar-refractivity contribution in [3.63, 3.8) is 0 Å². The molecule has 3 aliphatic rings. The Morgan fingerprint density at radius 1 is 0.900 bits per heavy atom. The van der Waals surface area contributed by atoms with Gasteiger partial charge in [-0.15, -0.1) is 6.58 Å². The Bertz CT molecular complexity index is 946. The van der Waals surface area contributed by atoms with Crippen LogP contribution in [0, 0.1) is 23.6 Å². The molecule has 3 heteroatoms. The average molecular weight is 552 g/mol. The summed E-state index contributed by atoms with van der Waals surface area (Å²) < 4.78 is 15.7. The highest BCUT2D eigenvalue weighted by Crippen LogP contribution is 2.48. The van der Waals surface area contributed by atoms with Crippen LogP contribution in [0.15, 0.2) is 43.0 Å². The third kappa shape index (κ3) is 7.88. The van der Waals surface area contributed by atoms with E-state index in [9.17, 15) is 0 Å². The van der Waals surface area contributed by atoms with Crippen molar-refractivity contribution in [3.8, 4) is 0 Å². The number of piperidine rings is 1. The molecule has 1 aromatic rings. The Hall–Kier alpha value is -1.45. The van der Waals surface area contributed by atoms with E-state index in [0.29, 0.717) is 11.8 Å². The number of unbranched alkanes of at least 4 members (excludes halogenated alkanes) is 2. The van der Waals surface area contributed by atoms with Crippen LogP contribution in [0.5, 0.6) is 0 Å². The molecular weight excluding hydrogens is 493 g/mol.